The van der Waals surface area contributed by atoms with Crippen molar-refractivity contribution in [2.24, 2.45) is 10.4 Å². The number of nitriles is 1. The van der Waals surface area contributed by atoms with Crippen LogP contribution in [0, 0.1) is 16.7 Å². The van der Waals surface area contributed by atoms with E-state index >= 15 is 0 Å². The van der Waals surface area contributed by atoms with Crippen LogP contribution < -0.4 is 5.32 Å². The summed E-state index contributed by atoms with van der Waals surface area (Å²) in [6.07, 6.45) is 12.5. The SMILES string of the molecule is CC1(C)CC=C(C/N=C\C=C/CNC(=O)c2ncc(C#N)[nH]2)CC1. The number of aliphatic imine (C=N–C) groups is 1. The van der Waals surface area contributed by atoms with Crippen molar-refractivity contribution in [2.45, 2.75) is 33.1 Å². The minimum atomic E-state index is -0.340. The van der Waals surface area contributed by atoms with Crippen LogP contribution in [0.3, 0.4) is 0 Å². The van der Waals surface area contributed by atoms with E-state index in [1.54, 1.807) is 6.21 Å². The smallest absolute Gasteiger partial charge is 0.287 e. The third-order valence-electron chi connectivity index (χ3n) is 3.98. The van der Waals surface area contributed by atoms with Gasteiger partial charge in [0.25, 0.3) is 5.91 Å². The molecule has 0 radical (unpaired) electrons. The Morgan fingerprint density at radius 1 is 1.58 bits per heavy atom. The van der Waals surface area contributed by atoms with E-state index in [0.29, 0.717) is 12.0 Å². The van der Waals surface area contributed by atoms with Gasteiger partial charge in [-0.05, 0) is 30.8 Å². The second kappa shape index (κ2) is 8.25. The number of amides is 1. The molecular weight excluding hydrogens is 302 g/mol. The van der Waals surface area contributed by atoms with Gasteiger partial charge < -0.3 is 10.3 Å². The van der Waals surface area contributed by atoms with Crippen molar-refractivity contribution in [2.75, 3.05) is 13.1 Å². The lowest BCUT2D eigenvalue weighted by Crippen LogP contribution is -2.24. The number of carbonyl (C=O) groups is 1. The highest BCUT2D eigenvalue weighted by Crippen LogP contribution is 2.33. The average molecular weight is 325 g/mol. The lowest BCUT2D eigenvalue weighted by molar-refractivity contribution is 0.0948. The second-order valence-electron chi connectivity index (χ2n) is 6.62. The molecule has 6 heteroatoms. The molecule has 1 heterocycles. The standard InChI is InChI=1S/C18H23N5O/c1-18(2)7-5-14(6-8-18)12-20-9-3-4-10-21-17(24)16-22-13-15(11-19)23-16/h3-5,9,13H,6-8,10,12H2,1-2H3,(H,21,24)(H,22,23)/b4-3-,20-9-. The molecule has 24 heavy (non-hydrogen) atoms. The largest absolute Gasteiger partial charge is 0.346 e. The predicted molar refractivity (Wildman–Crippen MR) is 93.8 cm³/mol. The van der Waals surface area contributed by atoms with Crippen LogP contribution in [-0.2, 0) is 0 Å². The molecule has 1 aliphatic rings. The molecule has 1 aliphatic carbocycles. The van der Waals surface area contributed by atoms with E-state index in [1.165, 1.54) is 18.2 Å². The Hall–Kier alpha value is -2.68. The van der Waals surface area contributed by atoms with Crippen molar-refractivity contribution in [1.82, 2.24) is 15.3 Å². The molecule has 0 atom stereocenters. The summed E-state index contributed by atoms with van der Waals surface area (Å²) in [4.78, 5) is 22.6. The molecule has 0 saturated heterocycles. The third kappa shape index (κ3) is 5.51. The van der Waals surface area contributed by atoms with Gasteiger partial charge in [-0.15, -0.1) is 0 Å². The fourth-order valence-electron chi connectivity index (χ4n) is 2.36. The first-order valence-corrected chi connectivity index (χ1v) is 8.06. The van der Waals surface area contributed by atoms with Gasteiger partial charge in [-0.3, -0.25) is 9.79 Å². The summed E-state index contributed by atoms with van der Waals surface area (Å²) >= 11 is 0. The number of allylic oxidation sites excluding steroid dienone is 2. The van der Waals surface area contributed by atoms with Gasteiger partial charge in [0, 0.05) is 12.8 Å². The molecule has 1 amide bonds. The molecule has 1 aromatic rings. The maximum Gasteiger partial charge on any atom is 0.287 e. The van der Waals surface area contributed by atoms with Crippen LogP contribution in [0.2, 0.25) is 0 Å². The van der Waals surface area contributed by atoms with Crippen molar-refractivity contribution >= 4 is 12.1 Å². The molecule has 2 rings (SSSR count). The van der Waals surface area contributed by atoms with Crippen LogP contribution in [0.25, 0.3) is 0 Å². The number of aromatic nitrogens is 2. The topological polar surface area (TPSA) is 93.9 Å². The highest BCUT2D eigenvalue weighted by Gasteiger charge is 2.20. The molecule has 0 saturated carbocycles. The van der Waals surface area contributed by atoms with Crippen molar-refractivity contribution in [3.8, 4) is 6.07 Å². The summed E-state index contributed by atoms with van der Waals surface area (Å²) in [6.45, 7) is 5.72. The Kier molecular flexibility index (Phi) is 6.07. The number of nitrogens with zero attached hydrogens (tertiary/aromatic N) is 3. The lowest BCUT2D eigenvalue weighted by Gasteiger charge is -2.28. The van der Waals surface area contributed by atoms with Crippen molar-refractivity contribution < 1.29 is 4.79 Å². The van der Waals surface area contributed by atoms with Crippen molar-refractivity contribution in [3.63, 3.8) is 0 Å². The van der Waals surface area contributed by atoms with E-state index < -0.39 is 0 Å². The third-order valence-corrected chi connectivity index (χ3v) is 3.98. The summed E-state index contributed by atoms with van der Waals surface area (Å²) < 4.78 is 0. The predicted octanol–water partition coefficient (Wildman–Crippen LogP) is 2.77. The number of hydrogen-bond donors (Lipinski definition) is 2. The zero-order valence-electron chi connectivity index (χ0n) is 14.2. The van der Waals surface area contributed by atoms with Crippen LogP contribution in [0.5, 0.6) is 0 Å². The number of rotatable bonds is 6. The summed E-state index contributed by atoms with van der Waals surface area (Å²) in [5, 5.41) is 11.4. The van der Waals surface area contributed by atoms with Crippen molar-refractivity contribution in [1.29, 1.82) is 5.26 Å². The number of imidazole rings is 1. The minimum absolute atomic E-state index is 0.140. The lowest BCUT2D eigenvalue weighted by atomic mass is 9.78. The quantitative estimate of drug-likeness (QED) is 0.622. The van der Waals surface area contributed by atoms with Gasteiger partial charge >= 0.3 is 0 Å². The Morgan fingerprint density at radius 2 is 2.42 bits per heavy atom. The van der Waals surface area contributed by atoms with Gasteiger partial charge in [0.15, 0.2) is 5.82 Å². The molecule has 126 valence electrons. The minimum Gasteiger partial charge on any atom is -0.346 e. The highest BCUT2D eigenvalue weighted by atomic mass is 16.2. The maximum absolute atomic E-state index is 11.7. The van der Waals surface area contributed by atoms with E-state index in [-0.39, 0.29) is 17.4 Å². The average Bonchev–Trinajstić information content (AvgIpc) is 3.04. The van der Waals surface area contributed by atoms with Crippen LogP contribution in [0.15, 0.2) is 35.0 Å². The molecule has 6 nitrogen and oxygen atoms in total. The van der Waals surface area contributed by atoms with E-state index in [1.807, 2.05) is 18.2 Å². The first-order valence-electron chi connectivity index (χ1n) is 8.06. The monoisotopic (exact) mass is 325 g/mol. The van der Waals surface area contributed by atoms with Gasteiger partial charge in [0.2, 0.25) is 0 Å². The summed E-state index contributed by atoms with van der Waals surface area (Å²) in [6, 6.07) is 1.89. The van der Waals surface area contributed by atoms with Crippen molar-refractivity contribution in [3.05, 3.63) is 41.5 Å². The zero-order valence-corrected chi connectivity index (χ0v) is 14.2. The second-order valence-corrected chi connectivity index (χ2v) is 6.62. The number of aromatic amines is 1. The van der Waals surface area contributed by atoms with Crippen LogP contribution >= 0.6 is 0 Å². The normalized spacial score (nSPS) is 17.0. The Balaban J connectivity index is 1.67. The number of hydrogen-bond acceptors (Lipinski definition) is 4. The van der Waals surface area contributed by atoms with Gasteiger partial charge in [-0.1, -0.05) is 31.6 Å². The van der Waals surface area contributed by atoms with Gasteiger partial charge in [-0.25, -0.2) is 4.98 Å². The van der Waals surface area contributed by atoms with Crippen LogP contribution in [0.4, 0.5) is 0 Å². The Bertz CT molecular complexity index is 703. The van der Waals surface area contributed by atoms with E-state index in [0.717, 1.165) is 19.4 Å². The van der Waals surface area contributed by atoms with Gasteiger partial charge in [-0.2, -0.15) is 5.26 Å². The summed E-state index contributed by atoms with van der Waals surface area (Å²) in [5.41, 5.74) is 2.09. The Morgan fingerprint density at radius 3 is 3.08 bits per heavy atom. The maximum atomic E-state index is 11.7. The van der Waals surface area contributed by atoms with Crippen LogP contribution in [0.1, 0.15) is 49.4 Å². The number of nitrogens with one attached hydrogen (secondary N) is 2. The van der Waals surface area contributed by atoms with E-state index in [4.69, 9.17) is 5.26 Å². The fourth-order valence-corrected chi connectivity index (χ4v) is 2.36. The molecular formula is C18H23N5O. The van der Waals surface area contributed by atoms with Gasteiger partial charge in [0.1, 0.15) is 11.8 Å². The molecule has 0 aromatic carbocycles. The summed E-state index contributed by atoms with van der Waals surface area (Å²) in [7, 11) is 0. The first kappa shape index (κ1) is 17.7. The zero-order chi connectivity index (χ0) is 17.4. The molecule has 0 aliphatic heterocycles. The molecule has 0 unspecified atom stereocenters. The molecule has 0 spiro atoms. The van der Waals surface area contributed by atoms with Crippen LogP contribution in [-0.4, -0.2) is 35.2 Å². The first-order chi connectivity index (χ1) is 11.5. The highest BCUT2D eigenvalue weighted by molar-refractivity contribution is 5.90. The van der Waals surface area contributed by atoms with Gasteiger partial charge in [0.05, 0.1) is 12.7 Å². The molecule has 0 bridgehead atoms. The molecule has 1 aromatic heterocycles. The molecule has 0 fully saturated rings. The number of carbonyl (C=O) groups excluding carboxylic acids is 1. The number of H-pyrrole nitrogens is 1. The Labute approximate surface area is 142 Å². The fraction of sp³-hybridized carbons (Fsp3) is 0.444. The summed E-state index contributed by atoms with van der Waals surface area (Å²) in [5.74, 6) is -0.200. The van der Waals surface area contributed by atoms with E-state index in [2.05, 4.69) is 40.2 Å². The van der Waals surface area contributed by atoms with E-state index in [9.17, 15) is 4.79 Å². The molecule has 2 N–H and O–H groups in total.